The van der Waals surface area contributed by atoms with E-state index in [0.29, 0.717) is 79.3 Å². The van der Waals surface area contributed by atoms with Crippen LogP contribution in [0.5, 0.6) is 11.5 Å². The summed E-state index contributed by atoms with van der Waals surface area (Å²) in [5.41, 5.74) is 3.91. The third-order valence-corrected chi connectivity index (χ3v) is 5.28. The number of benzene rings is 2. The molecule has 0 saturated carbocycles. The molecule has 0 radical (unpaired) electrons. The van der Waals surface area contributed by atoms with Gasteiger partial charge in [0.1, 0.15) is 11.5 Å². The molecule has 2 aromatic carbocycles. The standard InChI is InChI=1S/C26H36O8/c1-27-25-21-5-3-6-22(25)18-32-14-10-30-12-16-34-20-24-8-4-7-23(26(24)28-2)19-33-15-11-29-9-13-31-17-21/h3-8H,9-20H2,1-2H3. The van der Waals surface area contributed by atoms with E-state index in [-0.39, 0.29) is 0 Å². The molecule has 0 aromatic heterocycles. The predicted molar refractivity (Wildman–Crippen MR) is 126 cm³/mol. The van der Waals surface area contributed by atoms with Gasteiger partial charge >= 0.3 is 0 Å². The molecule has 0 amide bonds. The normalized spacial score (nSPS) is 17.9. The Kier molecular flexibility index (Phi) is 12.2. The van der Waals surface area contributed by atoms with Crippen LogP contribution in [-0.4, -0.2) is 67.1 Å². The lowest BCUT2D eigenvalue weighted by Crippen LogP contribution is -2.11. The quantitative estimate of drug-likeness (QED) is 0.652. The van der Waals surface area contributed by atoms with Crippen molar-refractivity contribution in [1.82, 2.24) is 0 Å². The summed E-state index contributed by atoms with van der Waals surface area (Å²) >= 11 is 0. The number of rotatable bonds is 2. The van der Waals surface area contributed by atoms with Gasteiger partial charge in [0, 0.05) is 22.3 Å². The zero-order valence-corrected chi connectivity index (χ0v) is 20.2. The van der Waals surface area contributed by atoms with Crippen molar-refractivity contribution >= 4 is 0 Å². The van der Waals surface area contributed by atoms with Crippen LogP contribution >= 0.6 is 0 Å². The molecule has 1 heterocycles. The molecule has 1 aliphatic heterocycles. The van der Waals surface area contributed by atoms with E-state index in [1.807, 2.05) is 36.4 Å². The average molecular weight is 477 g/mol. The van der Waals surface area contributed by atoms with E-state index in [9.17, 15) is 0 Å². The fourth-order valence-corrected chi connectivity index (χ4v) is 3.66. The molecule has 2 aromatic rings. The van der Waals surface area contributed by atoms with Gasteiger partial charge in [-0.2, -0.15) is 0 Å². The Hall–Kier alpha value is -2.20. The molecule has 0 N–H and O–H groups in total. The van der Waals surface area contributed by atoms with Crippen LogP contribution in [-0.2, 0) is 54.8 Å². The van der Waals surface area contributed by atoms with Crippen molar-refractivity contribution in [3.05, 3.63) is 58.7 Å². The van der Waals surface area contributed by atoms with Gasteiger partial charge in [0.25, 0.3) is 0 Å². The predicted octanol–water partition coefficient (Wildman–Crippen LogP) is 3.52. The van der Waals surface area contributed by atoms with Crippen LogP contribution in [0, 0.1) is 0 Å². The number of hydrogen-bond acceptors (Lipinski definition) is 8. The molecule has 4 bridgehead atoms. The van der Waals surface area contributed by atoms with Crippen molar-refractivity contribution < 1.29 is 37.9 Å². The summed E-state index contributed by atoms with van der Waals surface area (Å²) in [5, 5.41) is 0. The van der Waals surface area contributed by atoms with Gasteiger partial charge in [-0.3, -0.25) is 0 Å². The molecule has 0 aliphatic carbocycles. The van der Waals surface area contributed by atoms with Gasteiger partial charge in [0.2, 0.25) is 0 Å². The molecule has 188 valence electrons. The van der Waals surface area contributed by atoms with Crippen molar-refractivity contribution in [2.24, 2.45) is 0 Å². The average Bonchev–Trinajstić information content (AvgIpc) is 2.86. The number of ether oxygens (including phenoxy) is 8. The first-order valence-corrected chi connectivity index (χ1v) is 11.6. The SMILES string of the molecule is COc1c2cccc1COCCOCCOCc1cccc(c1OC)COCCOCCOC2. The maximum Gasteiger partial charge on any atom is 0.129 e. The monoisotopic (exact) mass is 476 g/mol. The molecule has 34 heavy (non-hydrogen) atoms. The summed E-state index contributed by atoms with van der Waals surface area (Å²) in [5.74, 6) is 1.58. The second-order valence-electron chi connectivity index (χ2n) is 7.65. The van der Waals surface area contributed by atoms with E-state index in [1.54, 1.807) is 14.2 Å². The Morgan fingerprint density at radius 2 is 0.706 bits per heavy atom. The van der Waals surface area contributed by atoms with E-state index in [4.69, 9.17) is 37.9 Å². The minimum absolute atomic E-state index is 0.441. The highest BCUT2D eigenvalue weighted by atomic mass is 16.6. The number of fused-ring (bicyclic) bond motifs is 4. The lowest BCUT2D eigenvalue weighted by molar-refractivity contribution is 0.00434. The van der Waals surface area contributed by atoms with Gasteiger partial charge in [-0.15, -0.1) is 0 Å². The highest BCUT2D eigenvalue weighted by molar-refractivity contribution is 5.41. The summed E-state index contributed by atoms with van der Waals surface area (Å²) < 4.78 is 45.6. The summed E-state index contributed by atoms with van der Waals surface area (Å²) in [4.78, 5) is 0. The van der Waals surface area contributed by atoms with Gasteiger partial charge in [0.15, 0.2) is 0 Å². The Labute approximate surface area is 202 Å². The highest BCUT2D eigenvalue weighted by Gasteiger charge is 2.11. The Balaban J connectivity index is 1.55. The first-order valence-electron chi connectivity index (χ1n) is 11.6. The van der Waals surface area contributed by atoms with E-state index in [1.165, 1.54) is 0 Å². The van der Waals surface area contributed by atoms with Crippen LogP contribution in [0.4, 0.5) is 0 Å². The number of hydrogen-bond donors (Lipinski definition) is 0. The smallest absolute Gasteiger partial charge is 0.129 e. The third kappa shape index (κ3) is 8.54. The summed E-state index contributed by atoms with van der Waals surface area (Å²) in [6, 6.07) is 11.9. The fraction of sp³-hybridized carbons (Fsp3) is 0.538. The van der Waals surface area contributed by atoms with Crippen LogP contribution in [0.2, 0.25) is 0 Å². The van der Waals surface area contributed by atoms with Crippen LogP contribution in [0.1, 0.15) is 22.3 Å². The number of methoxy groups -OCH3 is 2. The second-order valence-corrected chi connectivity index (χ2v) is 7.65. The van der Waals surface area contributed by atoms with Gasteiger partial charge in [0.05, 0.1) is 93.5 Å². The minimum Gasteiger partial charge on any atom is -0.496 e. The summed E-state index contributed by atoms with van der Waals surface area (Å²) in [7, 11) is 3.32. The van der Waals surface area contributed by atoms with Crippen LogP contribution in [0.25, 0.3) is 0 Å². The largest absolute Gasteiger partial charge is 0.496 e. The molecular formula is C26H36O8. The van der Waals surface area contributed by atoms with Crippen molar-refractivity contribution in [3.8, 4) is 11.5 Å². The van der Waals surface area contributed by atoms with Crippen LogP contribution in [0.3, 0.4) is 0 Å². The van der Waals surface area contributed by atoms with Crippen molar-refractivity contribution in [3.63, 3.8) is 0 Å². The van der Waals surface area contributed by atoms with Crippen molar-refractivity contribution in [1.29, 1.82) is 0 Å². The second kappa shape index (κ2) is 15.7. The molecule has 0 saturated heterocycles. The van der Waals surface area contributed by atoms with Gasteiger partial charge in [-0.1, -0.05) is 36.4 Å². The maximum absolute atomic E-state index is 5.78. The topological polar surface area (TPSA) is 73.8 Å². The first kappa shape index (κ1) is 26.4. The van der Waals surface area contributed by atoms with E-state index in [2.05, 4.69) is 0 Å². The van der Waals surface area contributed by atoms with E-state index >= 15 is 0 Å². The number of para-hydroxylation sites is 2. The lowest BCUT2D eigenvalue weighted by atomic mass is 10.1. The van der Waals surface area contributed by atoms with Crippen molar-refractivity contribution in [2.75, 3.05) is 67.1 Å². The lowest BCUT2D eigenvalue weighted by Gasteiger charge is -2.15. The van der Waals surface area contributed by atoms with Crippen molar-refractivity contribution in [2.45, 2.75) is 26.4 Å². The molecule has 1 aliphatic rings. The first-order chi connectivity index (χ1) is 16.8. The van der Waals surface area contributed by atoms with Crippen LogP contribution in [0.15, 0.2) is 36.4 Å². The summed E-state index contributed by atoms with van der Waals surface area (Å²) in [6.07, 6.45) is 0. The van der Waals surface area contributed by atoms with Gasteiger partial charge < -0.3 is 37.9 Å². The minimum atomic E-state index is 0.441. The Morgan fingerprint density at radius 3 is 0.971 bits per heavy atom. The molecule has 0 atom stereocenters. The van der Waals surface area contributed by atoms with E-state index in [0.717, 1.165) is 33.8 Å². The van der Waals surface area contributed by atoms with Gasteiger partial charge in [-0.25, -0.2) is 0 Å². The highest BCUT2D eigenvalue weighted by Crippen LogP contribution is 2.26. The maximum atomic E-state index is 5.78. The molecule has 0 spiro atoms. The summed E-state index contributed by atoms with van der Waals surface area (Å²) in [6.45, 7) is 5.66. The molecule has 0 fully saturated rings. The molecule has 8 nitrogen and oxygen atoms in total. The molecule has 8 heteroatoms. The molecular weight excluding hydrogens is 440 g/mol. The Morgan fingerprint density at radius 1 is 0.441 bits per heavy atom. The van der Waals surface area contributed by atoms with Gasteiger partial charge in [-0.05, 0) is 0 Å². The molecule has 3 rings (SSSR count). The van der Waals surface area contributed by atoms with Crippen LogP contribution < -0.4 is 9.47 Å². The zero-order chi connectivity index (χ0) is 23.8. The van der Waals surface area contributed by atoms with E-state index < -0.39 is 0 Å². The molecule has 0 unspecified atom stereocenters. The zero-order valence-electron chi connectivity index (χ0n) is 20.2. The third-order valence-electron chi connectivity index (χ3n) is 5.28. The Bertz CT molecular complexity index is 716. The fourth-order valence-electron chi connectivity index (χ4n) is 3.66.